The molecule has 3 aromatic rings. The summed E-state index contributed by atoms with van der Waals surface area (Å²) in [4.78, 5) is 28.5. The molecular formula is C29H34FN3O4S. The smallest absolute Gasteiger partial charge is 0.264 e. The zero-order chi connectivity index (χ0) is 27.7. The van der Waals surface area contributed by atoms with Gasteiger partial charge in [-0.3, -0.25) is 13.9 Å². The molecule has 0 radical (unpaired) electrons. The third kappa shape index (κ3) is 7.19. The number of benzene rings is 3. The van der Waals surface area contributed by atoms with E-state index in [0.717, 1.165) is 28.4 Å². The number of anilines is 1. The van der Waals surface area contributed by atoms with E-state index >= 15 is 0 Å². The Hall–Kier alpha value is -3.72. The lowest BCUT2D eigenvalue weighted by atomic mass is 10.1. The van der Waals surface area contributed by atoms with Gasteiger partial charge < -0.3 is 10.2 Å². The molecule has 1 N–H and O–H groups in total. The maximum Gasteiger partial charge on any atom is 0.264 e. The summed E-state index contributed by atoms with van der Waals surface area (Å²) in [6.45, 7) is 5.20. The van der Waals surface area contributed by atoms with Crippen LogP contribution < -0.4 is 9.62 Å². The second kappa shape index (κ2) is 13.2. The molecule has 0 fully saturated rings. The molecule has 0 saturated heterocycles. The first-order chi connectivity index (χ1) is 18.2. The summed E-state index contributed by atoms with van der Waals surface area (Å²) in [6, 6.07) is 21.0. The average molecular weight is 540 g/mol. The fraction of sp³-hybridized carbons (Fsp3) is 0.310. The van der Waals surface area contributed by atoms with Gasteiger partial charge in [-0.15, -0.1) is 0 Å². The summed E-state index contributed by atoms with van der Waals surface area (Å²) in [5.74, 6) is -1.38. The van der Waals surface area contributed by atoms with Crippen molar-refractivity contribution in [2.45, 2.75) is 57.1 Å². The van der Waals surface area contributed by atoms with Crippen molar-refractivity contribution in [1.82, 2.24) is 10.2 Å². The van der Waals surface area contributed by atoms with Crippen LogP contribution in [0.2, 0.25) is 0 Å². The largest absolute Gasteiger partial charge is 0.352 e. The standard InChI is InChI=1S/C29H34FN3O4S/c1-4-22(3)31-29(35)27(5-2)32(20-23-12-8-6-9-13-23)28(34)21-33(25-18-16-24(30)17-19-25)38(36,37)26-14-10-7-11-15-26/h6-19,22,27H,4-5,20-21H2,1-3H3,(H,31,35). The first-order valence-electron chi connectivity index (χ1n) is 12.6. The zero-order valence-electron chi connectivity index (χ0n) is 21.9. The topological polar surface area (TPSA) is 86.8 Å². The van der Waals surface area contributed by atoms with Crippen molar-refractivity contribution in [3.63, 3.8) is 0 Å². The monoisotopic (exact) mass is 539 g/mol. The summed E-state index contributed by atoms with van der Waals surface area (Å²) in [5, 5.41) is 2.94. The fourth-order valence-electron chi connectivity index (χ4n) is 4.00. The van der Waals surface area contributed by atoms with Crippen molar-refractivity contribution in [2.75, 3.05) is 10.8 Å². The van der Waals surface area contributed by atoms with Crippen LogP contribution in [0.1, 0.15) is 39.2 Å². The van der Waals surface area contributed by atoms with E-state index in [4.69, 9.17) is 0 Å². The van der Waals surface area contributed by atoms with Crippen LogP contribution >= 0.6 is 0 Å². The van der Waals surface area contributed by atoms with Crippen LogP contribution in [0.15, 0.2) is 89.8 Å². The Morgan fingerprint density at radius 2 is 1.45 bits per heavy atom. The highest BCUT2D eigenvalue weighted by atomic mass is 32.2. The number of amides is 2. The molecular weight excluding hydrogens is 505 g/mol. The predicted molar refractivity (Wildman–Crippen MR) is 146 cm³/mol. The Morgan fingerprint density at radius 1 is 0.868 bits per heavy atom. The van der Waals surface area contributed by atoms with Gasteiger partial charge in [-0.2, -0.15) is 0 Å². The van der Waals surface area contributed by atoms with Crippen LogP contribution in [0.3, 0.4) is 0 Å². The minimum atomic E-state index is -4.18. The van der Waals surface area contributed by atoms with Crippen LogP contribution in [0.5, 0.6) is 0 Å². The van der Waals surface area contributed by atoms with Gasteiger partial charge in [-0.25, -0.2) is 12.8 Å². The summed E-state index contributed by atoms with van der Waals surface area (Å²) in [5.41, 5.74) is 0.940. The quantitative estimate of drug-likeness (QED) is 0.360. The zero-order valence-corrected chi connectivity index (χ0v) is 22.7. The van der Waals surface area contributed by atoms with Crippen molar-refractivity contribution in [3.8, 4) is 0 Å². The van der Waals surface area contributed by atoms with Crippen molar-refractivity contribution < 1.29 is 22.4 Å². The van der Waals surface area contributed by atoms with Gasteiger partial charge in [-0.1, -0.05) is 62.4 Å². The summed E-state index contributed by atoms with van der Waals surface area (Å²) in [7, 11) is -4.18. The van der Waals surface area contributed by atoms with Gasteiger partial charge in [0.05, 0.1) is 10.6 Å². The van der Waals surface area contributed by atoms with E-state index in [9.17, 15) is 22.4 Å². The number of rotatable bonds is 12. The minimum absolute atomic E-state index is 0.00621. The average Bonchev–Trinajstić information content (AvgIpc) is 2.93. The molecule has 202 valence electrons. The molecule has 0 aliphatic carbocycles. The number of carbonyl (C=O) groups excluding carboxylic acids is 2. The van der Waals surface area contributed by atoms with E-state index in [1.54, 1.807) is 18.2 Å². The maximum atomic E-state index is 13.9. The molecule has 2 atom stereocenters. The Morgan fingerprint density at radius 3 is 2.00 bits per heavy atom. The third-order valence-corrected chi connectivity index (χ3v) is 8.10. The highest BCUT2D eigenvalue weighted by Crippen LogP contribution is 2.25. The molecule has 0 saturated carbocycles. The van der Waals surface area contributed by atoms with Crippen LogP contribution in [-0.2, 0) is 26.2 Å². The van der Waals surface area contributed by atoms with Crippen molar-refractivity contribution in [2.24, 2.45) is 0 Å². The van der Waals surface area contributed by atoms with Gasteiger partial charge in [0, 0.05) is 12.6 Å². The molecule has 9 heteroatoms. The van der Waals surface area contributed by atoms with Gasteiger partial charge >= 0.3 is 0 Å². The molecule has 0 aliphatic heterocycles. The van der Waals surface area contributed by atoms with Crippen molar-refractivity contribution in [3.05, 3.63) is 96.3 Å². The number of hydrogen-bond donors (Lipinski definition) is 1. The Balaban J connectivity index is 2.02. The fourth-order valence-corrected chi connectivity index (χ4v) is 5.43. The first kappa shape index (κ1) is 28.8. The molecule has 0 aromatic heterocycles. The molecule has 2 unspecified atom stereocenters. The molecule has 0 aliphatic rings. The van der Waals surface area contributed by atoms with Crippen LogP contribution in [0.4, 0.5) is 10.1 Å². The van der Waals surface area contributed by atoms with Gasteiger partial charge in [0.25, 0.3) is 10.0 Å². The molecule has 38 heavy (non-hydrogen) atoms. The number of halogens is 1. The summed E-state index contributed by atoms with van der Waals surface area (Å²) < 4.78 is 42.0. The highest BCUT2D eigenvalue weighted by Gasteiger charge is 2.33. The van der Waals surface area contributed by atoms with Crippen molar-refractivity contribution in [1.29, 1.82) is 0 Å². The predicted octanol–water partition coefficient (Wildman–Crippen LogP) is 4.74. The second-order valence-corrected chi connectivity index (χ2v) is 10.9. The third-order valence-electron chi connectivity index (χ3n) is 6.31. The lowest BCUT2D eigenvalue weighted by Crippen LogP contribution is -2.53. The van der Waals surface area contributed by atoms with Crippen LogP contribution in [0.25, 0.3) is 0 Å². The van der Waals surface area contributed by atoms with Gasteiger partial charge in [0.15, 0.2) is 0 Å². The molecule has 3 rings (SSSR count). The summed E-state index contributed by atoms with van der Waals surface area (Å²) >= 11 is 0. The van der Waals surface area contributed by atoms with Crippen molar-refractivity contribution >= 4 is 27.5 Å². The Kier molecular flexibility index (Phi) is 10.0. The maximum absolute atomic E-state index is 13.9. The molecule has 2 amide bonds. The first-order valence-corrected chi connectivity index (χ1v) is 14.1. The Labute approximate surface area is 224 Å². The van der Waals surface area contributed by atoms with E-state index in [1.807, 2.05) is 51.1 Å². The van der Waals surface area contributed by atoms with E-state index in [2.05, 4.69) is 5.32 Å². The lowest BCUT2D eigenvalue weighted by molar-refractivity contribution is -0.140. The minimum Gasteiger partial charge on any atom is -0.352 e. The van der Waals surface area contributed by atoms with E-state index in [0.29, 0.717) is 6.42 Å². The van der Waals surface area contributed by atoms with Gasteiger partial charge in [-0.05, 0) is 61.7 Å². The molecule has 3 aromatic carbocycles. The van der Waals surface area contributed by atoms with Gasteiger partial charge in [0.1, 0.15) is 18.4 Å². The Bertz CT molecular complexity index is 1300. The normalized spacial score (nSPS) is 12.8. The molecule has 7 nitrogen and oxygen atoms in total. The number of nitrogens with zero attached hydrogens (tertiary/aromatic N) is 2. The van der Waals surface area contributed by atoms with Crippen LogP contribution in [0, 0.1) is 5.82 Å². The lowest BCUT2D eigenvalue weighted by Gasteiger charge is -2.33. The molecule has 0 spiro atoms. The molecule has 0 heterocycles. The highest BCUT2D eigenvalue weighted by molar-refractivity contribution is 7.92. The molecule has 0 bridgehead atoms. The second-order valence-electron chi connectivity index (χ2n) is 9.05. The summed E-state index contributed by atoms with van der Waals surface area (Å²) in [6.07, 6.45) is 1.06. The van der Waals surface area contributed by atoms with E-state index in [1.165, 1.54) is 29.2 Å². The van der Waals surface area contributed by atoms with E-state index < -0.39 is 34.3 Å². The SMILES string of the molecule is CCC(C)NC(=O)C(CC)N(Cc1ccccc1)C(=O)CN(c1ccc(F)cc1)S(=O)(=O)c1ccccc1. The number of sulfonamides is 1. The van der Waals surface area contributed by atoms with Gasteiger partial charge in [0.2, 0.25) is 11.8 Å². The van der Waals surface area contributed by atoms with Crippen LogP contribution in [-0.4, -0.2) is 43.8 Å². The number of hydrogen-bond acceptors (Lipinski definition) is 4. The number of nitrogens with one attached hydrogen (secondary N) is 1. The van der Waals surface area contributed by atoms with E-state index in [-0.39, 0.29) is 29.1 Å². The number of carbonyl (C=O) groups is 2.